The molecule has 1 heterocycles. The average molecular weight is 221 g/mol. The molecule has 1 aliphatic rings. The molecule has 0 spiro atoms. The van der Waals surface area contributed by atoms with Crippen molar-refractivity contribution in [3.8, 4) is 11.5 Å². The summed E-state index contributed by atoms with van der Waals surface area (Å²) in [5.41, 5.74) is 1.31. The summed E-state index contributed by atoms with van der Waals surface area (Å²) in [6, 6.07) is 6.20. The van der Waals surface area contributed by atoms with Crippen molar-refractivity contribution < 1.29 is 9.47 Å². The lowest BCUT2D eigenvalue weighted by atomic mass is 10.1. The van der Waals surface area contributed by atoms with Gasteiger partial charge in [-0.25, -0.2) is 0 Å². The Labute approximate surface area is 97.0 Å². The highest BCUT2D eigenvalue weighted by Crippen LogP contribution is 2.32. The molecule has 3 heteroatoms. The highest BCUT2D eigenvalue weighted by Gasteiger charge is 2.12. The molecule has 1 aromatic carbocycles. The molecule has 0 saturated heterocycles. The Hall–Kier alpha value is -1.22. The first-order valence-corrected chi connectivity index (χ1v) is 5.86. The molecule has 3 nitrogen and oxygen atoms in total. The van der Waals surface area contributed by atoms with Gasteiger partial charge in [-0.15, -0.1) is 0 Å². The second kappa shape index (κ2) is 5.21. The van der Waals surface area contributed by atoms with E-state index in [0.717, 1.165) is 31.0 Å². The summed E-state index contributed by atoms with van der Waals surface area (Å²) in [6.45, 7) is 4.81. The molecule has 0 amide bonds. The van der Waals surface area contributed by atoms with Crippen LogP contribution in [0.1, 0.15) is 18.9 Å². The highest BCUT2D eigenvalue weighted by molar-refractivity contribution is 5.44. The van der Waals surface area contributed by atoms with E-state index in [0.29, 0.717) is 6.79 Å². The van der Waals surface area contributed by atoms with E-state index < -0.39 is 0 Å². The lowest BCUT2D eigenvalue weighted by Gasteiger charge is -2.15. The van der Waals surface area contributed by atoms with Crippen LogP contribution in [0.2, 0.25) is 0 Å². The Morgan fingerprint density at radius 1 is 1.19 bits per heavy atom. The lowest BCUT2D eigenvalue weighted by Crippen LogP contribution is -2.21. The second-order valence-corrected chi connectivity index (χ2v) is 4.24. The van der Waals surface area contributed by atoms with Gasteiger partial charge >= 0.3 is 0 Å². The van der Waals surface area contributed by atoms with Crippen molar-refractivity contribution in [3.63, 3.8) is 0 Å². The number of rotatable bonds is 5. The van der Waals surface area contributed by atoms with Gasteiger partial charge in [-0.1, -0.05) is 13.0 Å². The molecule has 0 saturated carbocycles. The summed E-state index contributed by atoms with van der Waals surface area (Å²) in [7, 11) is 2.16. The number of nitrogens with zero attached hydrogens (tertiary/aromatic N) is 1. The average Bonchev–Trinajstić information content (AvgIpc) is 2.74. The zero-order valence-corrected chi connectivity index (χ0v) is 10.0. The molecule has 0 atom stereocenters. The molecule has 0 aromatic heterocycles. The van der Waals surface area contributed by atoms with Gasteiger partial charge in [0, 0.05) is 6.54 Å². The monoisotopic (exact) mass is 221 g/mol. The molecule has 0 N–H and O–H groups in total. The van der Waals surface area contributed by atoms with Gasteiger partial charge < -0.3 is 14.4 Å². The quantitative estimate of drug-likeness (QED) is 0.761. The fourth-order valence-electron chi connectivity index (χ4n) is 1.91. The van der Waals surface area contributed by atoms with E-state index >= 15 is 0 Å². The van der Waals surface area contributed by atoms with E-state index in [1.807, 2.05) is 6.07 Å². The number of benzene rings is 1. The van der Waals surface area contributed by atoms with Gasteiger partial charge in [0.1, 0.15) is 0 Å². The minimum Gasteiger partial charge on any atom is -0.454 e. The maximum absolute atomic E-state index is 5.36. The topological polar surface area (TPSA) is 21.7 Å². The minimum atomic E-state index is 0.356. The third-order valence-corrected chi connectivity index (χ3v) is 2.82. The van der Waals surface area contributed by atoms with Crippen LogP contribution in [0.5, 0.6) is 11.5 Å². The number of fused-ring (bicyclic) bond motifs is 1. The van der Waals surface area contributed by atoms with Crippen LogP contribution < -0.4 is 9.47 Å². The maximum Gasteiger partial charge on any atom is 0.231 e. The van der Waals surface area contributed by atoms with E-state index in [2.05, 4.69) is 31.0 Å². The van der Waals surface area contributed by atoms with E-state index in [-0.39, 0.29) is 0 Å². The molecule has 0 radical (unpaired) electrons. The molecule has 0 bridgehead atoms. The molecule has 0 aliphatic carbocycles. The van der Waals surface area contributed by atoms with Crippen LogP contribution in [0.3, 0.4) is 0 Å². The van der Waals surface area contributed by atoms with Gasteiger partial charge in [0.2, 0.25) is 6.79 Å². The third kappa shape index (κ3) is 2.67. The summed E-state index contributed by atoms with van der Waals surface area (Å²) < 4.78 is 10.6. The summed E-state index contributed by atoms with van der Waals surface area (Å²) in [6.07, 6.45) is 2.27. The summed E-state index contributed by atoms with van der Waals surface area (Å²) in [5, 5.41) is 0. The van der Waals surface area contributed by atoms with Crippen molar-refractivity contribution in [3.05, 3.63) is 23.8 Å². The van der Waals surface area contributed by atoms with E-state index in [1.54, 1.807) is 0 Å². The first kappa shape index (κ1) is 11.3. The Kier molecular flexibility index (Phi) is 3.67. The van der Waals surface area contributed by atoms with E-state index in [1.165, 1.54) is 12.0 Å². The zero-order valence-electron chi connectivity index (χ0n) is 10.0. The van der Waals surface area contributed by atoms with Crippen LogP contribution in [0, 0.1) is 0 Å². The fraction of sp³-hybridized carbons (Fsp3) is 0.538. The molecule has 1 aliphatic heterocycles. The molecule has 2 rings (SSSR count). The van der Waals surface area contributed by atoms with Crippen LogP contribution in [0.15, 0.2) is 18.2 Å². The van der Waals surface area contributed by atoms with Crippen molar-refractivity contribution in [1.82, 2.24) is 4.90 Å². The number of ether oxygens (including phenoxy) is 2. The summed E-state index contributed by atoms with van der Waals surface area (Å²) in [5.74, 6) is 1.75. The largest absolute Gasteiger partial charge is 0.454 e. The molecule has 1 aromatic rings. The number of likely N-dealkylation sites (N-methyl/N-ethyl adjacent to an activating group) is 1. The van der Waals surface area contributed by atoms with Gasteiger partial charge in [0.05, 0.1) is 0 Å². The van der Waals surface area contributed by atoms with Crippen LogP contribution >= 0.6 is 0 Å². The number of hydrogen-bond donors (Lipinski definition) is 0. The Morgan fingerprint density at radius 3 is 2.81 bits per heavy atom. The van der Waals surface area contributed by atoms with Crippen LogP contribution in [0.25, 0.3) is 0 Å². The first-order valence-electron chi connectivity index (χ1n) is 5.86. The van der Waals surface area contributed by atoms with Crippen LogP contribution in [0.4, 0.5) is 0 Å². The van der Waals surface area contributed by atoms with Crippen LogP contribution in [-0.2, 0) is 6.42 Å². The van der Waals surface area contributed by atoms with Gasteiger partial charge in [-0.2, -0.15) is 0 Å². The minimum absolute atomic E-state index is 0.356. The van der Waals surface area contributed by atoms with E-state index in [4.69, 9.17) is 9.47 Å². The smallest absolute Gasteiger partial charge is 0.231 e. The van der Waals surface area contributed by atoms with Crippen molar-refractivity contribution in [2.75, 3.05) is 26.9 Å². The van der Waals surface area contributed by atoms with Crippen molar-refractivity contribution in [1.29, 1.82) is 0 Å². The molecular weight excluding hydrogens is 202 g/mol. The molecule has 88 valence electrons. The van der Waals surface area contributed by atoms with E-state index in [9.17, 15) is 0 Å². The lowest BCUT2D eigenvalue weighted by molar-refractivity contribution is 0.174. The SMILES string of the molecule is CCCN(C)CCc1ccc2c(c1)OCO2. The zero-order chi connectivity index (χ0) is 11.4. The van der Waals surface area contributed by atoms with Crippen molar-refractivity contribution >= 4 is 0 Å². The second-order valence-electron chi connectivity index (χ2n) is 4.24. The predicted molar refractivity (Wildman–Crippen MR) is 64.1 cm³/mol. The van der Waals surface area contributed by atoms with Gasteiger partial charge in [-0.05, 0) is 44.1 Å². The molecule has 0 fully saturated rings. The van der Waals surface area contributed by atoms with Crippen molar-refractivity contribution in [2.24, 2.45) is 0 Å². The first-order chi connectivity index (χ1) is 7.79. The Balaban J connectivity index is 1.90. The van der Waals surface area contributed by atoms with Gasteiger partial charge in [0.15, 0.2) is 11.5 Å². The molecule has 0 unspecified atom stereocenters. The Morgan fingerprint density at radius 2 is 2.00 bits per heavy atom. The van der Waals surface area contributed by atoms with Gasteiger partial charge in [-0.3, -0.25) is 0 Å². The Bertz CT molecular complexity index is 352. The summed E-state index contributed by atoms with van der Waals surface area (Å²) in [4.78, 5) is 2.35. The maximum atomic E-state index is 5.36. The molecular formula is C13H19NO2. The van der Waals surface area contributed by atoms with Crippen molar-refractivity contribution in [2.45, 2.75) is 19.8 Å². The standard InChI is InChI=1S/C13H19NO2/c1-3-7-14(2)8-6-11-4-5-12-13(9-11)16-10-15-12/h4-5,9H,3,6-8,10H2,1-2H3. The van der Waals surface area contributed by atoms with Crippen LogP contribution in [-0.4, -0.2) is 31.8 Å². The highest BCUT2D eigenvalue weighted by atomic mass is 16.7. The third-order valence-electron chi connectivity index (χ3n) is 2.82. The van der Waals surface area contributed by atoms with Gasteiger partial charge in [0.25, 0.3) is 0 Å². The summed E-state index contributed by atoms with van der Waals surface area (Å²) >= 11 is 0. The predicted octanol–water partition coefficient (Wildman–Crippen LogP) is 2.30. The molecule has 16 heavy (non-hydrogen) atoms. The fourth-order valence-corrected chi connectivity index (χ4v) is 1.91. The number of hydrogen-bond acceptors (Lipinski definition) is 3. The normalized spacial score (nSPS) is 13.4.